The average Bonchev–Trinajstić information content (AvgIpc) is 3.28. The average molecular weight is 589 g/mol. The molecule has 2 aliphatic rings. The highest BCUT2D eigenvalue weighted by atomic mass is 19.4. The Hall–Kier alpha value is -4.11. The fourth-order valence-corrected chi connectivity index (χ4v) is 6.54. The van der Waals surface area contributed by atoms with Gasteiger partial charge in [0, 0.05) is 42.2 Å². The smallest absolute Gasteiger partial charge is 0.408 e. The topological polar surface area (TPSA) is 57.7 Å². The van der Waals surface area contributed by atoms with E-state index in [4.69, 9.17) is 9.72 Å². The molecule has 0 saturated carbocycles. The molecule has 43 heavy (non-hydrogen) atoms. The molecule has 6 rings (SSSR count). The number of alkyl carbamates (subject to hydrolysis) is 1. The minimum Gasteiger partial charge on any atom is -0.433 e. The molecular weight excluding hydrogens is 553 g/mol. The van der Waals surface area contributed by atoms with Gasteiger partial charge in [-0.2, -0.15) is 13.2 Å². The normalized spacial score (nSPS) is 17.9. The van der Waals surface area contributed by atoms with Crippen molar-refractivity contribution in [1.29, 1.82) is 0 Å². The van der Waals surface area contributed by atoms with Crippen LogP contribution < -0.4 is 10.2 Å². The number of unbranched alkanes of at least 4 members (excludes halogenated alkanes) is 1. The zero-order valence-electron chi connectivity index (χ0n) is 24.1. The molecule has 1 aliphatic carbocycles. The molecule has 1 aliphatic heterocycles. The number of hydrogen-bond acceptors (Lipinski definition) is 5. The van der Waals surface area contributed by atoms with Gasteiger partial charge in [0.1, 0.15) is 12.4 Å². The molecule has 6 nitrogen and oxygen atoms in total. The summed E-state index contributed by atoms with van der Waals surface area (Å²) in [7, 11) is 0. The molecule has 2 heterocycles. The third kappa shape index (κ3) is 6.04. The Morgan fingerprint density at radius 3 is 2.30 bits per heavy atom. The van der Waals surface area contributed by atoms with Gasteiger partial charge in [0.25, 0.3) is 0 Å². The lowest BCUT2D eigenvalue weighted by atomic mass is 9.86. The van der Waals surface area contributed by atoms with Gasteiger partial charge < -0.3 is 15.0 Å². The molecule has 4 aromatic rings. The minimum absolute atomic E-state index is 0.327. The zero-order chi connectivity index (χ0) is 30.0. The van der Waals surface area contributed by atoms with E-state index in [1.807, 2.05) is 72.0 Å². The van der Waals surface area contributed by atoms with E-state index in [1.54, 1.807) is 0 Å². The number of benzene rings is 3. The molecule has 1 fully saturated rings. The van der Waals surface area contributed by atoms with E-state index in [0.29, 0.717) is 12.5 Å². The minimum atomic E-state index is -4.53. The first kappa shape index (κ1) is 29.0. The summed E-state index contributed by atoms with van der Waals surface area (Å²) in [6, 6.07) is 28.0. The van der Waals surface area contributed by atoms with E-state index in [1.165, 1.54) is 0 Å². The summed E-state index contributed by atoms with van der Waals surface area (Å²) in [5.41, 5.74) is 3.33. The van der Waals surface area contributed by atoms with Gasteiger partial charge in [-0.05, 0) is 62.1 Å². The Morgan fingerprint density at radius 1 is 0.930 bits per heavy atom. The summed E-state index contributed by atoms with van der Waals surface area (Å²) in [4.78, 5) is 22.4. The van der Waals surface area contributed by atoms with Crippen molar-refractivity contribution in [2.75, 3.05) is 37.6 Å². The van der Waals surface area contributed by atoms with E-state index < -0.39 is 24.4 Å². The van der Waals surface area contributed by atoms with Crippen LogP contribution in [-0.2, 0) is 10.3 Å². The highest BCUT2D eigenvalue weighted by Gasteiger charge is 2.46. The molecule has 0 bridgehead atoms. The number of carbonyl (C=O) groups is 1. The van der Waals surface area contributed by atoms with E-state index in [9.17, 15) is 18.0 Å². The van der Waals surface area contributed by atoms with Crippen LogP contribution in [0.4, 0.5) is 23.8 Å². The third-order valence-electron chi connectivity index (χ3n) is 8.61. The van der Waals surface area contributed by atoms with Gasteiger partial charge in [0.15, 0.2) is 5.60 Å². The monoisotopic (exact) mass is 588 g/mol. The van der Waals surface area contributed by atoms with Crippen molar-refractivity contribution in [2.24, 2.45) is 0 Å². The van der Waals surface area contributed by atoms with Crippen molar-refractivity contribution in [3.63, 3.8) is 0 Å². The number of fused-ring (bicyclic) bond motifs is 4. The summed E-state index contributed by atoms with van der Waals surface area (Å²) in [5, 5.41) is 3.04. The number of carbonyl (C=O) groups excluding carboxylic acids is 1. The van der Waals surface area contributed by atoms with Crippen molar-refractivity contribution < 1.29 is 22.7 Å². The van der Waals surface area contributed by atoms with Crippen LogP contribution in [0.1, 0.15) is 37.3 Å². The fourth-order valence-electron chi connectivity index (χ4n) is 6.54. The first-order valence-corrected chi connectivity index (χ1v) is 14.8. The van der Waals surface area contributed by atoms with Gasteiger partial charge in [0.2, 0.25) is 0 Å². The Bertz CT molecular complexity index is 1560. The summed E-state index contributed by atoms with van der Waals surface area (Å²) in [5.74, 6) is 0.992. The third-order valence-corrected chi connectivity index (χ3v) is 8.61. The predicted molar refractivity (Wildman–Crippen MR) is 162 cm³/mol. The van der Waals surface area contributed by atoms with Gasteiger partial charge >= 0.3 is 12.3 Å². The highest BCUT2D eigenvalue weighted by Crippen LogP contribution is 2.52. The van der Waals surface area contributed by atoms with E-state index in [2.05, 4.69) is 34.9 Å². The van der Waals surface area contributed by atoms with Crippen molar-refractivity contribution in [3.8, 4) is 11.1 Å². The predicted octanol–water partition coefficient (Wildman–Crippen LogP) is 7.13. The number of halogens is 3. The van der Waals surface area contributed by atoms with E-state index in [0.717, 1.165) is 78.0 Å². The summed E-state index contributed by atoms with van der Waals surface area (Å²) in [6.45, 7) is 4.32. The number of hydrogen-bond donors (Lipinski definition) is 1. The number of nitrogens with one attached hydrogen (secondary N) is 1. The number of para-hydroxylation sites is 1. The van der Waals surface area contributed by atoms with Crippen molar-refractivity contribution in [1.82, 2.24) is 15.2 Å². The van der Waals surface area contributed by atoms with Crippen LogP contribution in [0.25, 0.3) is 22.0 Å². The van der Waals surface area contributed by atoms with Crippen molar-refractivity contribution >= 4 is 22.8 Å². The lowest BCUT2D eigenvalue weighted by molar-refractivity contribution is -0.124. The van der Waals surface area contributed by atoms with Gasteiger partial charge in [-0.1, -0.05) is 66.7 Å². The maximum absolute atomic E-state index is 12.9. The Balaban J connectivity index is 1.12. The second-order valence-electron chi connectivity index (χ2n) is 11.4. The quantitative estimate of drug-likeness (QED) is 0.222. The molecule has 1 saturated heterocycles. The zero-order valence-corrected chi connectivity index (χ0v) is 24.1. The number of nitrogens with zero attached hydrogens (tertiary/aromatic N) is 3. The van der Waals surface area contributed by atoms with Crippen molar-refractivity contribution in [2.45, 2.75) is 44.0 Å². The Morgan fingerprint density at radius 2 is 1.60 bits per heavy atom. The largest absolute Gasteiger partial charge is 0.433 e. The molecular formula is C34H35F3N4O2. The van der Waals surface area contributed by atoms with Crippen LogP contribution in [0.15, 0.2) is 84.9 Å². The Kier molecular flexibility index (Phi) is 8.01. The van der Waals surface area contributed by atoms with Crippen LogP contribution in [-0.4, -0.2) is 60.9 Å². The number of ether oxygens (including phenoxy) is 1. The standard InChI is InChI=1S/C34H35F3N4O2/c1-24-22-41(31-17-16-25-10-2-7-15-30(25)39-31)21-20-40(24)19-9-8-18-33(43-32(42)38-23-34(35,36)37)28-13-5-3-11-26(28)27-12-4-6-14-29(27)33/h2-7,10-17,24H,8-9,18-23H2,1H3,(H,38,42)/t24-/m0/s1. The van der Waals surface area contributed by atoms with E-state index >= 15 is 0 Å². The summed E-state index contributed by atoms with van der Waals surface area (Å²) in [6.07, 6.45) is -3.54. The number of anilines is 1. The van der Waals surface area contributed by atoms with Crippen LogP contribution in [0.2, 0.25) is 0 Å². The van der Waals surface area contributed by atoms with Crippen molar-refractivity contribution in [3.05, 3.63) is 96.1 Å². The summed E-state index contributed by atoms with van der Waals surface area (Å²) >= 11 is 0. The van der Waals surface area contributed by atoms with Crippen LogP contribution in [0, 0.1) is 0 Å². The number of piperazine rings is 1. The molecule has 0 radical (unpaired) electrons. The van der Waals surface area contributed by atoms with Crippen LogP contribution in [0.3, 0.4) is 0 Å². The summed E-state index contributed by atoms with van der Waals surface area (Å²) < 4.78 is 44.6. The maximum Gasteiger partial charge on any atom is 0.408 e. The van der Waals surface area contributed by atoms with Crippen LogP contribution in [0.5, 0.6) is 0 Å². The SMILES string of the molecule is C[C@H]1CN(c2ccc3ccccc3n2)CCN1CCCCC1(OC(=O)NCC(F)(F)F)c2ccccc2-c2ccccc21. The van der Waals surface area contributed by atoms with Crippen LogP contribution >= 0.6 is 0 Å². The second kappa shape index (κ2) is 11.9. The molecule has 1 N–H and O–H groups in total. The van der Waals surface area contributed by atoms with Gasteiger partial charge in [-0.25, -0.2) is 9.78 Å². The number of rotatable bonds is 8. The molecule has 0 spiro atoms. The molecule has 3 aromatic carbocycles. The second-order valence-corrected chi connectivity index (χ2v) is 11.4. The molecule has 224 valence electrons. The number of alkyl halides is 3. The Labute approximate surface area is 249 Å². The lowest BCUT2D eigenvalue weighted by Gasteiger charge is -2.40. The molecule has 1 atom stereocenters. The number of amides is 1. The van der Waals surface area contributed by atoms with Gasteiger partial charge in [-0.3, -0.25) is 4.90 Å². The fraction of sp³-hybridized carbons (Fsp3) is 0.353. The lowest BCUT2D eigenvalue weighted by Crippen LogP contribution is -2.52. The highest BCUT2D eigenvalue weighted by molar-refractivity contribution is 5.82. The molecule has 9 heteroatoms. The van der Waals surface area contributed by atoms with E-state index in [-0.39, 0.29) is 0 Å². The first-order valence-electron chi connectivity index (χ1n) is 14.8. The van der Waals surface area contributed by atoms with Gasteiger partial charge in [0.05, 0.1) is 5.52 Å². The number of pyridine rings is 1. The molecule has 0 unspecified atom stereocenters. The number of aromatic nitrogens is 1. The maximum atomic E-state index is 12.9. The molecule has 1 amide bonds. The molecule has 1 aromatic heterocycles. The first-order chi connectivity index (χ1) is 20.7. The van der Waals surface area contributed by atoms with Gasteiger partial charge in [-0.15, -0.1) is 0 Å².